The van der Waals surface area contributed by atoms with Gasteiger partial charge in [-0.2, -0.15) is 0 Å². The molecule has 1 fully saturated rings. The van der Waals surface area contributed by atoms with Gasteiger partial charge in [-0.25, -0.2) is 0 Å². The van der Waals surface area contributed by atoms with Crippen molar-refractivity contribution in [1.29, 1.82) is 0 Å². The van der Waals surface area contributed by atoms with Crippen molar-refractivity contribution in [3.63, 3.8) is 0 Å². The van der Waals surface area contributed by atoms with Gasteiger partial charge < -0.3 is 10.0 Å². The second-order valence-electron chi connectivity index (χ2n) is 6.12. The molecule has 0 aromatic carbocycles. The molecule has 0 heterocycles. The molecule has 1 rings (SSSR count). The number of carboxylic acids is 1. The Bertz CT molecular complexity index is 306. The van der Waals surface area contributed by atoms with Crippen LogP contribution >= 0.6 is 0 Å². The van der Waals surface area contributed by atoms with Crippen LogP contribution in [-0.2, 0) is 9.59 Å². The molecule has 0 bridgehead atoms. The highest BCUT2D eigenvalue weighted by atomic mass is 16.4. The fourth-order valence-electron chi connectivity index (χ4n) is 2.97. The molecule has 1 aliphatic rings. The van der Waals surface area contributed by atoms with Crippen LogP contribution in [0.3, 0.4) is 0 Å². The lowest BCUT2D eigenvalue weighted by Gasteiger charge is -2.29. The summed E-state index contributed by atoms with van der Waals surface area (Å²) in [6.45, 7) is 4.89. The minimum Gasteiger partial charge on any atom is -0.481 e. The highest BCUT2D eigenvalue weighted by molar-refractivity contribution is 5.78. The molecule has 0 atom stereocenters. The Balaban J connectivity index is 2.61. The average molecular weight is 255 g/mol. The summed E-state index contributed by atoms with van der Waals surface area (Å²) >= 11 is 0. The molecule has 0 unspecified atom stereocenters. The van der Waals surface area contributed by atoms with E-state index in [1.54, 1.807) is 4.90 Å². The highest BCUT2D eigenvalue weighted by Crippen LogP contribution is 2.44. The molecule has 0 aromatic heterocycles. The SMILES string of the molecule is CC(C)CN(C)C(=O)CC1(CC(=O)O)CCCC1. The summed E-state index contributed by atoms with van der Waals surface area (Å²) in [6, 6.07) is 0. The van der Waals surface area contributed by atoms with E-state index >= 15 is 0 Å². The largest absolute Gasteiger partial charge is 0.481 e. The molecule has 18 heavy (non-hydrogen) atoms. The summed E-state index contributed by atoms with van der Waals surface area (Å²) in [5.41, 5.74) is -0.284. The zero-order valence-electron chi connectivity index (χ0n) is 11.7. The van der Waals surface area contributed by atoms with Crippen molar-refractivity contribution in [2.45, 2.75) is 52.4 Å². The quantitative estimate of drug-likeness (QED) is 0.793. The Labute approximate surface area is 109 Å². The van der Waals surface area contributed by atoms with Crippen LogP contribution < -0.4 is 0 Å². The van der Waals surface area contributed by atoms with Gasteiger partial charge >= 0.3 is 5.97 Å². The van der Waals surface area contributed by atoms with E-state index < -0.39 is 5.97 Å². The highest BCUT2D eigenvalue weighted by Gasteiger charge is 2.38. The topological polar surface area (TPSA) is 57.6 Å². The predicted molar refractivity (Wildman–Crippen MR) is 70.2 cm³/mol. The molecule has 1 aliphatic carbocycles. The van der Waals surface area contributed by atoms with Crippen LogP contribution in [0.25, 0.3) is 0 Å². The lowest BCUT2D eigenvalue weighted by atomic mass is 9.79. The second-order valence-corrected chi connectivity index (χ2v) is 6.12. The van der Waals surface area contributed by atoms with Gasteiger partial charge in [-0.05, 0) is 24.2 Å². The number of carboxylic acid groups (broad SMARTS) is 1. The first kappa shape index (κ1) is 15.0. The third kappa shape index (κ3) is 4.31. The van der Waals surface area contributed by atoms with E-state index in [1.165, 1.54) is 0 Å². The molecule has 1 amide bonds. The Hall–Kier alpha value is -1.06. The van der Waals surface area contributed by atoms with Crippen LogP contribution in [0.2, 0.25) is 0 Å². The predicted octanol–water partition coefficient (Wildman–Crippen LogP) is 2.53. The third-order valence-electron chi connectivity index (χ3n) is 3.78. The van der Waals surface area contributed by atoms with Gasteiger partial charge in [-0.3, -0.25) is 9.59 Å². The number of carbonyl (C=O) groups is 2. The first-order valence-electron chi connectivity index (χ1n) is 6.80. The lowest BCUT2D eigenvalue weighted by molar-refractivity contribution is -0.141. The minimum absolute atomic E-state index is 0.0897. The molecule has 0 aromatic rings. The summed E-state index contributed by atoms with van der Waals surface area (Å²) in [5.74, 6) is -0.249. The lowest BCUT2D eigenvalue weighted by Crippen LogP contribution is -2.35. The maximum absolute atomic E-state index is 12.2. The third-order valence-corrected chi connectivity index (χ3v) is 3.78. The van der Waals surface area contributed by atoms with Gasteiger partial charge in [0.15, 0.2) is 0 Å². The number of amides is 1. The number of hydrogen-bond acceptors (Lipinski definition) is 2. The van der Waals surface area contributed by atoms with Crippen LogP contribution in [0.1, 0.15) is 52.4 Å². The molecule has 0 saturated heterocycles. The van der Waals surface area contributed by atoms with Crippen LogP contribution in [0.15, 0.2) is 0 Å². The van der Waals surface area contributed by atoms with Gasteiger partial charge in [0.2, 0.25) is 5.91 Å². The number of carbonyl (C=O) groups excluding carboxylic acids is 1. The van der Waals surface area contributed by atoms with Gasteiger partial charge in [-0.1, -0.05) is 26.7 Å². The van der Waals surface area contributed by atoms with Crippen molar-refractivity contribution in [3.05, 3.63) is 0 Å². The van der Waals surface area contributed by atoms with E-state index in [-0.39, 0.29) is 17.7 Å². The van der Waals surface area contributed by atoms with Crippen LogP contribution in [0.4, 0.5) is 0 Å². The Kier molecular flexibility index (Phi) is 5.17. The van der Waals surface area contributed by atoms with Gasteiger partial charge in [0.05, 0.1) is 6.42 Å². The summed E-state index contributed by atoms with van der Waals surface area (Å²) in [7, 11) is 1.81. The first-order chi connectivity index (χ1) is 8.34. The summed E-state index contributed by atoms with van der Waals surface area (Å²) in [5, 5.41) is 9.01. The van der Waals surface area contributed by atoms with E-state index in [0.717, 1.165) is 32.2 Å². The number of nitrogens with zero attached hydrogens (tertiary/aromatic N) is 1. The maximum Gasteiger partial charge on any atom is 0.303 e. The van der Waals surface area contributed by atoms with E-state index in [1.807, 2.05) is 7.05 Å². The molecule has 4 heteroatoms. The van der Waals surface area contributed by atoms with Crippen molar-refractivity contribution in [1.82, 2.24) is 4.90 Å². The maximum atomic E-state index is 12.2. The minimum atomic E-state index is -0.781. The fourth-order valence-corrected chi connectivity index (χ4v) is 2.97. The van der Waals surface area contributed by atoms with E-state index in [2.05, 4.69) is 13.8 Å². The Morgan fingerprint density at radius 3 is 2.22 bits per heavy atom. The van der Waals surface area contributed by atoms with Crippen molar-refractivity contribution in [2.75, 3.05) is 13.6 Å². The van der Waals surface area contributed by atoms with Gasteiger partial charge in [0.1, 0.15) is 0 Å². The van der Waals surface area contributed by atoms with Gasteiger partial charge in [-0.15, -0.1) is 0 Å². The van der Waals surface area contributed by atoms with Crippen LogP contribution in [-0.4, -0.2) is 35.5 Å². The van der Waals surface area contributed by atoms with Crippen molar-refractivity contribution < 1.29 is 14.7 Å². The standard InChI is InChI=1S/C14H25NO3/c1-11(2)10-15(3)12(16)8-14(9-13(17)18)6-4-5-7-14/h11H,4-10H2,1-3H3,(H,17,18). The fraction of sp³-hybridized carbons (Fsp3) is 0.857. The number of hydrogen-bond donors (Lipinski definition) is 1. The smallest absolute Gasteiger partial charge is 0.303 e. The van der Waals surface area contributed by atoms with E-state index in [0.29, 0.717) is 12.3 Å². The molecular formula is C14H25NO3. The Morgan fingerprint density at radius 1 is 1.22 bits per heavy atom. The first-order valence-corrected chi connectivity index (χ1v) is 6.80. The molecule has 0 aliphatic heterocycles. The number of rotatable bonds is 6. The zero-order chi connectivity index (χ0) is 13.8. The summed E-state index contributed by atoms with van der Waals surface area (Å²) < 4.78 is 0. The van der Waals surface area contributed by atoms with Gasteiger partial charge in [0.25, 0.3) is 0 Å². The summed E-state index contributed by atoms with van der Waals surface area (Å²) in [6.07, 6.45) is 4.38. The van der Waals surface area contributed by atoms with E-state index in [4.69, 9.17) is 5.11 Å². The number of aliphatic carboxylic acids is 1. The van der Waals surface area contributed by atoms with Crippen LogP contribution in [0.5, 0.6) is 0 Å². The molecule has 4 nitrogen and oxygen atoms in total. The molecule has 0 radical (unpaired) electrons. The van der Waals surface area contributed by atoms with Crippen molar-refractivity contribution in [2.24, 2.45) is 11.3 Å². The van der Waals surface area contributed by atoms with Crippen molar-refractivity contribution in [3.8, 4) is 0 Å². The van der Waals surface area contributed by atoms with Gasteiger partial charge in [0, 0.05) is 20.0 Å². The summed E-state index contributed by atoms with van der Waals surface area (Å²) in [4.78, 5) is 24.9. The monoisotopic (exact) mass is 255 g/mol. The van der Waals surface area contributed by atoms with Crippen LogP contribution in [0, 0.1) is 11.3 Å². The molecule has 0 spiro atoms. The normalized spacial score (nSPS) is 18.0. The zero-order valence-corrected chi connectivity index (χ0v) is 11.7. The van der Waals surface area contributed by atoms with Crippen molar-refractivity contribution >= 4 is 11.9 Å². The van der Waals surface area contributed by atoms with E-state index in [9.17, 15) is 9.59 Å². The average Bonchev–Trinajstić information content (AvgIpc) is 2.63. The molecule has 1 saturated carbocycles. The molecule has 104 valence electrons. The Morgan fingerprint density at radius 2 is 1.78 bits per heavy atom. The second kappa shape index (κ2) is 6.21. The molecule has 1 N–H and O–H groups in total. The molecular weight excluding hydrogens is 230 g/mol.